The molecule has 9 amide bonds. The second-order valence-electron chi connectivity index (χ2n) is 11.4. The lowest BCUT2D eigenvalue weighted by Gasteiger charge is -2.25. The summed E-state index contributed by atoms with van der Waals surface area (Å²) in [6.07, 6.45) is 0. The standard InChI is InChI=1S/C32H22I9N7O11/c1-6(49)42-22-14(34)9(27(52)47(4)31(58)45-25-18(38)11(29(54)55)16(36)23(20(25)40)43-7(2)50)13(33)10(15(22)35)28(53)48(5)32(59)46-26-19(39)12(30(56)57)17(37)24(21(26)41)44-8(3)51/h1-5H3,(H,42,49)(H,43,50)(H,44,51)(H,45,58)(H,46,59)(H,54,55)(H,56,57). The van der Waals surface area contributed by atoms with E-state index >= 15 is 0 Å². The zero-order valence-electron chi connectivity index (χ0n) is 29.9. The number of halogens is 9. The molecular weight excluding hydrogens is 1800 g/mol. The molecule has 7 N–H and O–H groups in total. The van der Waals surface area contributed by atoms with Crippen LogP contribution in [0.1, 0.15) is 62.2 Å². The zero-order chi connectivity index (χ0) is 45.3. The highest BCUT2D eigenvalue weighted by atomic mass is 127. The average molecular weight is 1820 g/mol. The number of carboxylic acid groups (broad SMARTS) is 2. The van der Waals surface area contributed by atoms with E-state index in [1.807, 2.05) is 45.2 Å². The molecule has 0 aliphatic rings. The van der Waals surface area contributed by atoms with Gasteiger partial charge in [-0.05, 0) is 203 Å². The van der Waals surface area contributed by atoms with Gasteiger partial charge in [0, 0.05) is 38.4 Å². The van der Waals surface area contributed by atoms with Gasteiger partial charge in [0.2, 0.25) is 17.7 Å². The number of imide groups is 2. The van der Waals surface area contributed by atoms with Crippen LogP contribution in [0.4, 0.5) is 38.0 Å². The molecule has 3 aromatic carbocycles. The third kappa shape index (κ3) is 11.6. The first kappa shape index (κ1) is 52.8. The minimum absolute atomic E-state index is 0.0102. The third-order valence-electron chi connectivity index (χ3n) is 7.39. The second kappa shape index (κ2) is 21.9. The summed E-state index contributed by atoms with van der Waals surface area (Å²) in [5.41, 5.74) is -0.590. The second-order valence-corrected chi connectivity index (χ2v) is 21.2. The Morgan fingerprint density at radius 3 is 0.831 bits per heavy atom. The van der Waals surface area contributed by atoms with Crippen molar-refractivity contribution in [2.75, 3.05) is 40.7 Å². The van der Waals surface area contributed by atoms with Crippen LogP contribution in [0.2, 0.25) is 0 Å². The van der Waals surface area contributed by atoms with Crippen molar-refractivity contribution >= 4 is 285 Å². The first-order valence-electron chi connectivity index (χ1n) is 15.3. The first-order valence-corrected chi connectivity index (χ1v) is 25.0. The van der Waals surface area contributed by atoms with E-state index in [4.69, 9.17) is 0 Å². The van der Waals surface area contributed by atoms with Crippen LogP contribution in [0.3, 0.4) is 0 Å². The SMILES string of the molecule is CC(=O)Nc1c(I)c(NC(=O)N(C)C(=O)c2c(I)c(NC(C)=O)c(I)c(C(=O)N(C)C(=O)Nc3c(I)c(NC(C)=O)c(I)c(C(=O)O)c3I)c2I)c(I)c(C(=O)O)c1I. The van der Waals surface area contributed by atoms with Gasteiger partial charge in [-0.2, -0.15) is 0 Å². The van der Waals surface area contributed by atoms with E-state index in [1.54, 1.807) is 158 Å². The lowest BCUT2D eigenvalue weighted by Crippen LogP contribution is -2.40. The van der Waals surface area contributed by atoms with Crippen molar-refractivity contribution in [2.45, 2.75) is 20.8 Å². The predicted octanol–water partition coefficient (Wildman–Crippen LogP) is 9.01. The van der Waals surface area contributed by atoms with E-state index in [-0.39, 0.29) is 82.8 Å². The van der Waals surface area contributed by atoms with Crippen molar-refractivity contribution in [3.05, 3.63) is 54.4 Å². The normalized spacial score (nSPS) is 10.6. The number of carboxylic acids is 2. The van der Waals surface area contributed by atoms with E-state index in [1.165, 1.54) is 20.8 Å². The van der Waals surface area contributed by atoms with Gasteiger partial charge in [-0.15, -0.1) is 0 Å². The molecule has 0 spiro atoms. The number of amides is 9. The van der Waals surface area contributed by atoms with Crippen molar-refractivity contribution in [1.82, 2.24) is 9.80 Å². The fourth-order valence-electron chi connectivity index (χ4n) is 4.72. The molecular formula is C32H22I9N7O11. The summed E-state index contributed by atoms with van der Waals surface area (Å²) in [5.74, 6) is -6.19. The fraction of sp³-hybridized carbons (Fsp3) is 0.156. The molecule has 314 valence electrons. The van der Waals surface area contributed by atoms with Gasteiger partial charge in [-0.1, -0.05) is 0 Å². The summed E-state index contributed by atoms with van der Waals surface area (Å²) >= 11 is 15.9. The molecule has 0 aliphatic carbocycles. The van der Waals surface area contributed by atoms with Crippen LogP contribution in [-0.2, 0) is 14.4 Å². The highest BCUT2D eigenvalue weighted by Gasteiger charge is 2.35. The van der Waals surface area contributed by atoms with Gasteiger partial charge in [0.25, 0.3) is 11.8 Å². The molecule has 0 aromatic heterocycles. The number of hydrogen-bond donors (Lipinski definition) is 7. The fourth-order valence-corrected chi connectivity index (χ4v) is 17.4. The number of aromatic carboxylic acids is 2. The molecule has 0 fully saturated rings. The summed E-state index contributed by atoms with van der Waals surface area (Å²) in [7, 11) is 2.26. The quantitative estimate of drug-likeness (QED) is 0.0995. The van der Waals surface area contributed by atoms with Gasteiger partial charge in [0.15, 0.2) is 0 Å². The highest BCUT2D eigenvalue weighted by molar-refractivity contribution is 14.1. The Kier molecular flexibility index (Phi) is 19.6. The van der Waals surface area contributed by atoms with E-state index in [0.29, 0.717) is 9.80 Å². The van der Waals surface area contributed by atoms with Gasteiger partial charge >= 0.3 is 24.0 Å². The number of anilines is 5. The molecule has 59 heavy (non-hydrogen) atoms. The van der Waals surface area contributed by atoms with Gasteiger partial charge in [0.05, 0.1) is 79.3 Å². The molecule has 27 heteroatoms. The van der Waals surface area contributed by atoms with E-state index < -0.39 is 53.5 Å². The molecule has 3 rings (SSSR count). The van der Waals surface area contributed by atoms with Crippen LogP contribution in [0, 0.1) is 32.1 Å². The average Bonchev–Trinajstić information content (AvgIpc) is 3.12. The Morgan fingerprint density at radius 2 is 0.593 bits per heavy atom. The van der Waals surface area contributed by atoms with Crippen molar-refractivity contribution < 1.29 is 53.4 Å². The number of benzene rings is 3. The van der Waals surface area contributed by atoms with Crippen LogP contribution in [0.5, 0.6) is 0 Å². The number of nitrogens with zero attached hydrogens (tertiary/aromatic N) is 2. The van der Waals surface area contributed by atoms with Crippen LogP contribution < -0.4 is 26.6 Å². The zero-order valence-corrected chi connectivity index (χ0v) is 49.3. The molecule has 0 heterocycles. The number of nitrogens with one attached hydrogen (secondary N) is 5. The van der Waals surface area contributed by atoms with Crippen molar-refractivity contribution in [2.24, 2.45) is 0 Å². The highest BCUT2D eigenvalue weighted by Crippen LogP contribution is 2.42. The summed E-state index contributed by atoms with van der Waals surface area (Å²) in [4.78, 5) is 118. The Balaban J connectivity index is 2.17. The van der Waals surface area contributed by atoms with Gasteiger partial charge in [0.1, 0.15) is 0 Å². The van der Waals surface area contributed by atoms with Gasteiger partial charge in [-0.25, -0.2) is 19.2 Å². The number of urea groups is 2. The Labute approximate surface area is 456 Å². The molecule has 0 unspecified atom stereocenters. The number of carbonyl (C=O) groups is 9. The number of carbonyl (C=O) groups excluding carboxylic acids is 7. The summed E-state index contributed by atoms with van der Waals surface area (Å²) in [6, 6.07) is -2.07. The molecule has 0 saturated carbocycles. The summed E-state index contributed by atoms with van der Waals surface area (Å²) < 4.78 is 1.41. The maximum atomic E-state index is 14.3. The number of hydrogen-bond acceptors (Lipinski definition) is 9. The van der Waals surface area contributed by atoms with Crippen LogP contribution in [0.25, 0.3) is 0 Å². The van der Waals surface area contributed by atoms with E-state index in [2.05, 4.69) is 26.6 Å². The minimum atomic E-state index is -1.34. The van der Waals surface area contributed by atoms with Crippen molar-refractivity contribution in [1.29, 1.82) is 0 Å². The van der Waals surface area contributed by atoms with Crippen molar-refractivity contribution in [3.63, 3.8) is 0 Å². The monoisotopic (exact) mass is 1820 g/mol. The minimum Gasteiger partial charge on any atom is -0.478 e. The van der Waals surface area contributed by atoms with E-state index in [9.17, 15) is 53.4 Å². The van der Waals surface area contributed by atoms with E-state index in [0.717, 1.165) is 14.1 Å². The van der Waals surface area contributed by atoms with Crippen LogP contribution in [0.15, 0.2) is 0 Å². The largest absolute Gasteiger partial charge is 0.478 e. The molecule has 0 aliphatic heterocycles. The maximum Gasteiger partial charge on any atom is 0.338 e. The summed E-state index contributed by atoms with van der Waals surface area (Å²) in [5, 5.41) is 32.8. The molecule has 18 nitrogen and oxygen atoms in total. The Hall–Kier alpha value is -0.540. The molecule has 0 radical (unpaired) electrons. The Bertz CT molecular complexity index is 2290. The van der Waals surface area contributed by atoms with Crippen LogP contribution in [-0.4, -0.2) is 87.6 Å². The lowest BCUT2D eigenvalue weighted by molar-refractivity contribution is -0.115. The van der Waals surface area contributed by atoms with Crippen molar-refractivity contribution in [3.8, 4) is 0 Å². The topological polar surface area (TPSA) is 261 Å². The van der Waals surface area contributed by atoms with Crippen LogP contribution >= 0.6 is 203 Å². The smallest absolute Gasteiger partial charge is 0.338 e. The third-order valence-corrected chi connectivity index (χ3v) is 17.1. The Morgan fingerprint density at radius 1 is 0.373 bits per heavy atom. The first-order chi connectivity index (χ1) is 27.2. The molecule has 0 atom stereocenters. The predicted molar refractivity (Wildman–Crippen MR) is 293 cm³/mol. The molecule has 0 bridgehead atoms. The molecule has 3 aromatic rings. The van der Waals surface area contributed by atoms with Gasteiger partial charge in [-0.3, -0.25) is 33.8 Å². The lowest BCUT2D eigenvalue weighted by atomic mass is 10.1. The maximum absolute atomic E-state index is 14.3. The summed E-state index contributed by atoms with van der Waals surface area (Å²) in [6.45, 7) is 3.65. The molecule has 0 saturated heterocycles. The number of rotatable bonds is 9. The van der Waals surface area contributed by atoms with Gasteiger partial charge < -0.3 is 36.8 Å².